The third-order valence-corrected chi connectivity index (χ3v) is 3.12. The molecule has 0 aromatic heterocycles. The molecule has 7 heteroatoms. The van der Waals surface area contributed by atoms with Gasteiger partial charge in [-0.1, -0.05) is 23.8 Å². The zero-order valence-electron chi connectivity index (χ0n) is 10.5. The van der Waals surface area contributed by atoms with Crippen LogP contribution in [-0.2, 0) is 0 Å². The van der Waals surface area contributed by atoms with Gasteiger partial charge in [-0.05, 0) is 24.3 Å². The zero-order chi connectivity index (χ0) is 14.7. The Bertz CT molecular complexity index is 623. The summed E-state index contributed by atoms with van der Waals surface area (Å²) in [7, 11) is 0. The molecule has 1 aliphatic heterocycles. The molecule has 1 unspecified atom stereocenters. The predicted octanol–water partition coefficient (Wildman–Crippen LogP) is 1.05. The Morgan fingerprint density at radius 1 is 1.35 bits per heavy atom. The Morgan fingerprint density at radius 2 is 2.10 bits per heavy atom. The molecule has 20 heavy (non-hydrogen) atoms. The fourth-order valence-corrected chi connectivity index (χ4v) is 2.03. The van der Waals surface area contributed by atoms with E-state index in [1.54, 1.807) is 36.6 Å². The van der Waals surface area contributed by atoms with E-state index in [0.717, 1.165) is 0 Å². The van der Waals surface area contributed by atoms with E-state index in [9.17, 15) is 4.79 Å². The molecule has 0 aliphatic carbocycles. The van der Waals surface area contributed by atoms with Crippen LogP contribution in [0.25, 0.3) is 0 Å². The van der Waals surface area contributed by atoms with Crippen LogP contribution in [0.5, 0.6) is 0 Å². The van der Waals surface area contributed by atoms with Crippen molar-refractivity contribution in [3.05, 3.63) is 53.2 Å². The summed E-state index contributed by atoms with van der Waals surface area (Å²) in [5, 5.41) is 3.86. The quantitative estimate of drug-likeness (QED) is 0.249. The predicted molar refractivity (Wildman–Crippen MR) is 79.9 cm³/mol. The monoisotopic (exact) mass is 291 g/mol. The average molecular weight is 292 g/mol. The summed E-state index contributed by atoms with van der Waals surface area (Å²) in [6.07, 6.45) is 6.77. The second-order valence-corrected chi connectivity index (χ2v) is 4.61. The van der Waals surface area contributed by atoms with Gasteiger partial charge < -0.3 is 22.2 Å². The third-order valence-electron chi connectivity index (χ3n) is 2.88. The van der Waals surface area contributed by atoms with Gasteiger partial charge in [-0.3, -0.25) is 4.79 Å². The molecule has 0 radical (unpaired) electrons. The van der Waals surface area contributed by atoms with E-state index in [1.807, 2.05) is 0 Å². The highest BCUT2D eigenvalue weighted by Crippen LogP contribution is 2.22. The second-order valence-electron chi connectivity index (χ2n) is 4.17. The zero-order valence-corrected chi connectivity index (χ0v) is 11.3. The number of benzene rings is 1. The van der Waals surface area contributed by atoms with Crippen molar-refractivity contribution in [3.8, 4) is 0 Å². The van der Waals surface area contributed by atoms with Gasteiger partial charge in [0.1, 0.15) is 11.9 Å². The van der Waals surface area contributed by atoms with Gasteiger partial charge in [-0.15, -0.1) is 0 Å². The fourth-order valence-electron chi connectivity index (χ4n) is 1.86. The number of hydrogen-bond donors (Lipinski definition) is 3. The lowest BCUT2D eigenvalue weighted by Crippen LogP contribution is -2.45. The number of hydrazone groups is 1. The first kappa shape index (κ1) is 14.0. The molecule has 1 atom stereocenters. The minimum Gasteiger partial charge on any atom is -0.398 e. The largest absolute Gasteiger partial charge is 0.398 e. The summed E-state index contributed by atoms with van der Waals surface area (Å²) in [6.45, 7) is 0. The first-order chi connectivity index (χ1) is 9.54. The van der Waals surface area contributed by atoms with E-state index < -0.39 is 6.04 Å². The Morgan fingerprint density at radius 3 is 2.80 bits per heavy atom. The summed E-state index contributed by atoms with van der Waals surface area (Å²) in [5.74, 6) is 4.97. The number of nitrogens with zero attached hydrogens (tertiary/aromatic N) is 2. The van der Waals surface area contributed by atoms with Gasteiger partial charge in [-0.25, -0.2) is 0 Å². The SMILES string of the molecule is NN=C(N)C1C=CC=CN1C(=O)c1cc(Cl)ccc1N. The number of rotatable bonds is 2. The van der Waals surface area contributed by atoms with Crippen LogP contribution >= 0.6 is 11.6 Å². The smallest absolute Gasteiger partial charge is 0.260 e. The van der Waals surface area contributed by atoms with Crippen molar-refractivity contribution in [1.82, 2.24) is 4.90 Å². The average Bonchev–Trinajstić information content (AvgIpc) is 2.48. The van der Waals surface area contributed by atoms with Gasteiger partial charge >= 0.3 is 0 Å². The van der Waals surface area contributed by atoms with Gasteiger partial charge in [0.2, 0.25) is 0 Å². The van der Waals surface area contributed by atoms with Crippen LogP contribution in [0.3, 0.4) is 0 Å². The number of amidine groups is 1. The van der Waals surface area contributed by atoms with Gasteiger partial charge in [0.15, 0.2) is 0 Å². The highest BCUT2D eigenvalue weighted by Gasteiger charge is 2.26. The van der Waals surface area contributed by atoms with Crippen molar-refractivity contribution in [2.75, 3.05) is 5.73 Å². The van der Waals surface area contributed by atoms with Gasteiger partial charge in [0.05, 0.1) is 5.56 Å². The van der Waals surface area contributed by atoms with Gasteiger partial charge in [0.25, 0.3) is 5.91 Å². The van der Waals surface area contributed by atoms with Crippen LogP contribution in [0.15, 0.2) is 47.7 Å². The van der Waals surface area contributed by atoms with Gasteiger partial charge in [-0.2, -0.15) is 5.10 Å². The molecule has 0 saturated heterocycles. The van der Waals surface area contributed by atoms with Gasteiger partial charge in [0, 0.05) is 16.9 Å². The molecule has 1 aromatic carbocycles. The Kier molecular flexibility index (Phi) is 3.95. The first-order valence-corrected chi connectivity index (χ1v) is 6.18. The lowest BCUT2D eigenvalue weighted by atomic mass is 10.1. The number of nitrogen functional groups attached to an aromatic ring is 1. The van der Waals surface area contributed by atoms with E-state index in [-0.39, 0.29) is 11.7 Å². The molecule has 1 aliphatic rings. The second kappa shape index (κ2) is 5.66. The number of nitrogens with two attached hydrogens (primary N) is 3. The number of anilines is 1. The molecule has 1 amide bonds. The first-order valence-electron chi connectivity index (χ1n) is 5.80. The Labute approximate surface area is 121 Å². The maximum Gasteiger partial charge on any atom is 0.260 e. The third kappa shape index (κ3) is 2.60. The van der Waals surface area contributed by atoms with E-state index in [2.05, 4.69) is 5.10 Å². The van der Waals surface area contributed by atoms with E-state index in [0.29, 0.717) is 16.3 Å². The van der Waals surface area contributed by atoms with Crippen LogP contribution in [-0.4, -0.2) is 22.7 Å². The molecule has 1 heterocycles. The Hall–Kier alpha value is -2.47. The van der Waals surface area contributed by atoms with Crippen molar-refractivity contribution >= 4 is 29.0 Å². The number of allylic oxidation sites excluding steroid dienone is 2. The number of halogens is 1. The van der Waals surface area contributed by atoms with Crippen LogP contribution in [0.4, 0.5) is 5.69 Å². The molecule has 2 rings (SSSR count). The topological polar surface area (TPSA) is 111 Å². The minimum absolute atomic E-state index is 0.125. The molecule has 6 N–H and O–H groups in total. The molecule has 0 saturated carbocycles. The van der Waals surface area contributed by atoms with Crippen LogP contribution in [0, 0.1) is 0 Å². The van der Waals surface area contributed by atoms with Crippen LogP contribution < -0.4 is 17.3 Å². The minimum atomic E-state index is -0.545. The highest BCUT2D eigenvalue weighted by molar-refractivity contribution is 6.31. The molecule has 104 valence electrons. The molecule has 0 spiro atoms. The highest BCUT2D eigenvalue weighted by atomic mass is 35.5. The van der Waals surface area contributed by atoms with Crippen molar-refractivity contribution in [3.63, 3.8) is 0 Å². The normalized spacial score (nSPS) is 18.4. The molecule has 1 aromatic rings. The molecule has 0 fully saturated rings. The van der Waals surface area contributed by atoms with Crippen molar-refractivity contribution in [2.45, 2.75) is 6.04 Å². The van der Waals surface area contributed by atoms with Crippen LogP contribution in [0.2, 0.25) is 5.02 Å². The lowest BCUT2D eigenvalue weighted by Gasteiger charge is -2.28. The number of carbonyl (C=O) groups is 1. The summed E-state index contributed by atoms with van der Waals surface area (Å²) in [6, 6.07) is 4.16. The fraction of sp³-hybridized carbons (Fsp3) is 0.0769. The van der Waals surface area contributed by atoms with Crippen molar-refractivity contribution in [2.24, 2.45) is 16.7 Å². The summed E-state index contributed by atoms with van der Waals surface area (Å²) < 4.78 is 0. The maximum absolute atomic E-state index is 12.6. The lowest BCUT2D eigenvalue weighted by molar-refractivity contribution is 0.0816. The van der Waals surface area contributed by atoms with Crippen LogP contribution in [0.1, 0.15) is 10.4 Å². The molecule has 6 nitrogen and oxygen atoms in total. The molecule has 0 bridgehead atoms. The summed E-state index contributed by atoms with van der Waals surface area (Å²) in [5.41, 5.74) is 12.2. The molecular formula is C13H14ClN5O. The van der Waals surface area contributed by atoms with E-state index >= 15 is 0 Å². The van der Waals surface area contributed by atoms with Crippen molar-refractivity contribution < 1.29 is 4.79 Å². The summed E-state index contributed by atoms with van der Waals surface area (Å²) in [4.78, 5) is 14.0. The number of amides is 1. The maximum atomic E-state index is 12.6. The van der Waals surface area contributed by atoms with Crippen molar-refractivity contribution in [1.29, 1.82) is 0 Å². The van der Waals surface area contributed by atoms with E-state index in [1.165, 1.54) is 11.0 Å². The number of carbonyl (C=O) groups excluding carboxylic acids is 1. The summed E-state index contributed by atoms with van der Waals surface area (Å²) >= 11 is 5.90. The number of hydrogen-bond acceptors (Lipinski definition) is 4. The standard InChI is InChI=1S/C13H14ClN5O/c14-8-4-5-10(15)9(7-8)13(20)19-6-2-1-3-11(19)12(16)18-17/h1-7,11H,15,17H2,(H2,16,18). The molecular weight excluding hydrogens is 278 g/mol. The Balaban J connectivity index is 2.38. The van der Waals surface area contributed by atoms with E-state index in [4.69, 9.17) is 28.9 Å².